The summed E-state index contributed by atoms with van der Waals surface area (Å²) >= 11 is 0. The van der Waals surface area contributed by atoms with Crippen LogP contribution in [0.3, 0.4) is 0 Å². The number of hydrogen-bond donors (Lipinski definition) is 3. The molecule has 0 saturated heterocycles. The standard InChI is InChI=1S/C68H129NO5/c1-3-5-7-9-11-13-15-17-19-21-22-23-24-25-26-27-28-29-32-36-40-44-48-52-56-60-66(71)65(64-70)69-67(72)61-57-53-49-45-41-37-33-30-31-35-39-43-47-51-55-59-63-74-68(73)62-58-54-50-46-42-38-34-20-18-16-14-12-10-8-6-4-2/h14,16,20,30,33-34,65-66,70-71H,3-13,15,17-19,21-29,31-32,35-64H2,1-2H3,(H,69,72)/b16-14-,33-30-,34-20-. The van der Waals surface area contributed by atoms with E-state index in [2.05, 4.69) is 55.6 Å². The summed E-state index contributed by atoms with van der Waals surface area (Å²) in [6, 6.07) is -0.556. The van der Waals surface area contributed by atoms with Crippen LogP contribution >= 0.6 is 0 Å². The number of allylic oxidation sites excluding steroid dienone is 6. The third kappa shape index (κ3) is 59.3. The third-order valence-corrected chi connectivity index (χ3v) is 15.4. The number of nitrogens with one attached hydrogen (secondary N) is 1. The highest BCUT2D eigenvalue weighted by Gasteiger charge is 2.20. The zero-order chi connectivity index (χ0) is 53.6. The number of ether oxygens (including phenoxy) is 1. The molecule has 0 aliphatic rings. The summed E-state index contributed by atoms with van der Waals surface area (Å²) in [5.41, 5.74) is 0. The minimum atomic E-state index is -0.677. The number of aliphatic hydroxyl groups excluding tert-OH is 2. The first kappa shape index (κ1) is 72.1. The molecule has 0 saturated carbocycles. The van der Waals surface area contributed by atoms with E-state index in [4.69, 9.17) is 4.74 Å². The quantitative estimate of drug-likeness (QED) is 0.0320. The predicted molar refractivity (Wildman–Crippen MR) is 324 cm³/mol. The molecule has 1 amide bonds. The topological polar surface area (TPSA) is 95.9 Å². The van der Waals surface area contributed by atoms with Gasteiger partial charge in [0, 0.05) is 12.8 Å². The van der Waals surface area contributed by atoms with Gasteiger partial charge in [0.25, 0.3) is 0 Å². The van der Waals surface area contributed by atoms with Crippen molar-refractivity contribution in [3.05, 3.63) is 36.5 Å². The lowest BCUT2D eigenvalue weighted by molar-refractivity contribution is -0.143. The van der Waals surface area contributed by atoms with Crippen LogP contribution in [0.5, 0.6) is 0 Å². The van der Waals surface area contributed by atoms with Crippen LogP contribution in [0, 0.1) is 0 Å². The van der Waals surface area contributed by atoms with E-state index in [0.29, 0.717) is 25.9 Å². The number of carbonyl (C=O) groups excluding carboxylic acids is 2. The van der Waals surface area contributed by atoms with Crippen LogP contribution in [0.4, 0.5) is 0 Å². The molecule has 0 aliphatic carbocycles. The average Bonchev–Trinajstić information content (AvgIpc) is 3.40. The van der Waals surface area contributed by atoms with E-state index in [9.17, 15) is 19.8 Å². The van der Waals surface area contributed by atoms with E-state index in [1.807, 2.05) is 0 Å². The summed E-state index contributed by atoms with van der Waals surface area (Å²) < 4.78 is 5.47. The van der Waals surface area contributed by atoms with Gasteiger partial charge in [0.2, 0.25) is 5.91 Å². The molecule has 0 aromatic rings. The lowest BCUT2D eigenvalue weighted by Gasteiger charge is -2.22. The zero-order valence-corrected chi connectivity index (χ0v) is 49.8. The summed E-state index contributed by atoms with van der Waals surface area (Å²) in [7, 11) is 0. The number of aliphatic hydroxyl groups is 2. The van der Waals surface area contributed by atoms with Crippen LogP contribution in [0.2, 0.25) is 0 Å². The summed E-state index contributed by atoms with van der Waals surface area (Å²) in [6.07, 6.45) is 80.2. The number of rotatable bonds is 62. The highest BCUT2D eigenvalue weighted by molar-refractivity contribution is 5.76. The van der Waals surface area contributed by atoms with Crippen molar-refractivity contribution < 1.29 is 24.5 Å². The lowest BCUT2D eigenvalue weighted by atomic mass is 10.0. The molecular weight excluding hydrogens is 911 g/mol. The van der Waals surface area contributed by atoms with Gasteiger partial charge in [-0.25, -0.2) is 0 Å². The summed E-state index contributed by atoms with van der Waals surface area (Å²) in [4.78, 5) is 24.6. The number of amides is 1. The molecule has 6 nitrogen and oxygen atoms in total. The van der Waals surface area contributed by atoms with Gasteiger partial charge in [-0.05, 0) is 83.5 Å². The Bertz CT molecular complexity index is 1200. The Balaban J connectivity index is 3.46. The monoisotopic (exact) mass is 1040 g/mol. The zero-order valence-electron chi connectivity index (χ0n) is 49.8. The maximum Gasteiger partial charge on any atom is 0.305 e. The van der Waals surface area contributed by atoms with Gasteiger partial charge in [0.05, 0.1) is 25.4 Å². The Morgan fingerprint density at radius 3 is 1.05 bits per heavy atom. The Morgan fingerprint density at radius 1 is 0.378 bits per heavy atom. The van der Waals surface area contributed by atoms with Crippen LogP contribution in [-0.2, 0) is 14.3 Å². The second kappa shape index (κ2) is 63.6. The van der Waals surface area contributed by atoms with E-state index in [1.165, 1.54) is 257 Å². The molecule has 0 heterocycles. The van der Waals surface area contributed by atoms with Crippen LogP contribution in [0.25, 0.3) is 0 Å². The average molecular weight is 1040 g/mol. The van der Waals surface area contributed by atoms with Crippen molar-refractivity contribution in [3.63, 3.8) is 0 Å². The number of carbonyl (C=O) groups is 2. The van der Waals surface area contributed by atoms with Gasteiger partial charge in [-0.15, -0.1) is 0 Å². The van der Waals surface area contributed by atoms with Gasteiger partial charge >= 0.3 is 5.97 Å². The molecule has 0 bridgehead atoms. The molecule has 436 valence electrons. The second-order valence-corrected chi connectivity index (χ2v) is 22.8. The highest BCUT2D eigenvalue weighted by Crippen LogP contribution is 2.18. The summed E-state index contributed by atoms with van der Waals surface area (Å²) in [6.45, 7) is 4.93. The number of hydrogen-bond acceptors (Lipinski definition) is 5. The van der Waals surface area contributed by atoms with Gasteiger partial charge in [-0.3, -0.25) is 9.59 Å². The first-order valence-electron chi connectivity index (χ1n) is 33.2. The van der Waals surface area contributed by atoms with Crippen molar-refractivity contribution in [2.45, 2.75) is 373 Å². The molecule has 6 heteroatoms. The molecule has 0 aromatic heterocycles. The fourth-order valence-corrected chi connectivity index (χ4v) is 10.3. The number of unbranched alkanes of at least 4 members (excludes halogenated alkanes) is 45. The van der Waals surface area contributed by atoms with Gasteiger partial charge < -0.3 is 20.3 Å². The van der Waals surface area contributed by atoms with Gasteiger partial charge in [-0.1, -0.05) is 301 Å². The van der Waals surface area contributed by atoms with Crippen molar-refractivity contribution in [2.24, 2.45) is 0 Å². The maximum atomic E-state index is 12.5. The SMILES string of the molecule is CCCCCC/C=C\C/C=C\CCCCCCCC(=O)OCCCCCCCCC/C=C\CCCCCCCC(=O)NC(CO)C(O)CCCCCCCCCCCCCCCCCCCCCCCCCCC. The molecule has 0 aliphatic heterocycles. The summed E-state index contributed by atoms with van der Waals surface area (Å²) in [5, 5.41) is 23.4. The van der Waals surface area contributed by atoms with Gasteiger partial charge in [0.1, 0.15) is 0 Å². The molecule has 3 N–H and O–H groups in total. The smallest absolute Gasteiger partial charge is 0.305 e. The van der Waals surface area contributed by atoms with Crippen LogP contribution in [0.1, 0.15) is 361 Å². The van der Waals surface area contributed by atoms with Gasteiger partial charge in [0.15, 0.2) is 0 Å². The van der Waals surface area contributed by atoms with Crippen molar-refractivity contribution >= 4 is 11.9 Å². The molecule has 0 rings (SSSR count). The minimum Gasteiger partial charge on any atom is -0.466 e. The maximum absolute atomic E-state index is 12.5. The molecular formula is C68H129NO5. The van der Waals surface area contributed by atoms with E-state index < -0.39 is 12.1 Å². The van der Waals surface area contributed by atoms with Crippen molar-refractivity contribution in [2.75, 3.05) is 13.2 Å². The first-order chi connectivity index (χ1) is 36.5. The lowest BCUT2D eigenvalue weighted by Crippen LogP contribution is -2.45. The van der Waals surface area contributed by atoms with E-state index in [0.717, 1.165) is 70.6 Å². The minimum absolute atomic E-state index is 0.0155. The van der Waals surface area contributed by atoms with Crippen LogP contribution in [-0.4, -0.2) is 47.4 Å². The molecule has 2 atom stereocenters. The molecule has 0 spiro atoms. The molecule has 0 fully saturated rings. The second-order valence-electron chi connectivity index (χ2n) is 22.8. The Hall–Kier alpha value is -1.92. The molecule has 0 aromatic carbocycles. The normalized spacial score (nSPS) is 12.8. The fourth-order valence-electron chi connectivity index (χ4n) is 10.3. The van der Waals surface area contributed by atoms with Crippen LogP contribution in [0.15, 0.2) is 36.5 Å². The fraction of sp³-hybridized carbons (Fsp3) is 0.882. The largest absolute Gasteiger partial charge is 0.466 e. The van der Waals surface area contributed by atoms with Gasteiger partial charge in [-0.2, -0.15) is 0 Å². The van der Waals surface area contributed by atoms with Crippen molar-refractivity contribution in [1.29, 1.82) is 0 Å². The Morgan fingerprint density at radius 2 is 0.676 bits per heavy atom. The first-order valence-corrected chi connectivity index (χ1v) is 33.2. The predicted octanol–water partition coefficient (Wildman–Crippen LogP) is 21.1. The number of esters is 1. The molecule has 2 unspecified atom stereocenters. The molecule has 74 heavy (non-hydrogen) atoms. The van der Waals surface area contributed by atoms with Crippen molar-refractivity contribution in [1.82, 2.24) is 5.32 Å². The molecule has 0 radical (unpaired) electrons. The highest BCUT2D eigenvalue weighted by atomic mass is 16.5. The van der Waals surface area contributed by atoms with E-state index >= 15 is 0 Å². The van der Waals surface area contributed by atoms with Crippen LogP contribution < -0.4 is 5.32 Å². The Labute approximate surface area is 462 Å². The van der Waals surface area contributed by atoms with E-state index in [1.54, 1.807) is 0 Å². The Kier molecular flexibility index (Phi) is 62.0. The summed E-state index contributed by atoms with van der Waals surface area (Å²) in [5.74, 6) is -0.0645. The van der Waals surface area contributed by atoms with Crippen molar-refractivity contribution in [3.8, 4) is 0 Å². The van der Waals surface area contributed by atoms with E-state index in [-0.39, 0.29) is 18.5 Å². The third-order valence-electron chi connectivity index (χ3n) is 15.4.